The van der Waals surface area contributed by atoms with Gasteiger partial charge in [0.05, 0.1) is 35.1 Å². The van der Waals surface area contributed by atoms with E-state index in [1.165, 1.54) is 12.1 Å². The molecular formula is C27H30F2N6O2. The number of phenolic OH excluding ortho intramolecular Hbond substituents is 1. The average molecular weight is 512 g/mol. The lowest BCUT2D eigenvalue weighted by Crippen LogP contribution is -2.66. The molecule has 194 valence electrons. The molecule has 0 amide bonds. The maximum atomic E-state index is 15.9. The number of methoxy groups -OCH3 is 1. The number of benzene rings is 1. The number of rotatable bonds is 6. The number of nitrogens with one attached hydrogen (secondary N) is 1. The second-order valence-corrected chi connectivity index (χ2v) is 10.9. The van der Waals surface area contributed by atoms with E-state index >= 15 is 4.39 Å². The zero-order valence-electron chi connectivity index (χ0n) is 23.6. The van der Waals surface area contributed by atoms with Crippen LogP contribution in [-0.2, 0) is 0 Å². The zero-order valence-corrected chi connectivity index (χ0v) is 20.6. The van der Waals surface area contributed by atoms with E-state index in [-0.39, 0.29) is 51.8 Å². The molecule has 6 rings (SSSR count). The van der Waals surface area contributed by atoms with Crippen molar-refractivity contribution in [3.05, 3.63) is 42.5 Å². The molecule has 1 aromatic carbocycles. The molecule has 2 aromatic heterocycles. The number of aromatic hydroxyl groups is 1. The molecule has 2 aliphatic heterocycles. The number of piperidine rings is 1. The number of nitrogens with zero attached hydrogens (tertiary/aromatic N) is 5. The van der Waals surface area contributed by atoms with Gasteiger partial charge in [-0.2, -0.15) is 0 Å². The van der Waals surface area contributed by atoms with Crippen molar-refractivity contribution in [1.29, 1.82) is 0 Å². The van der Waals surface area contributed by atoms with E-state index in [0.29, 0.717) is 12.2 Å². The number of ether oxygens (including phenoxy) is 1. The van der Waals surface area contributed by atoms with Crippen LogP contribution in [0.4, 0.5) is 14.6 Å². The van der Waals surface area contributed by atoms with E-state index in [1.807, 2.05) is 11.8 Å². The molecule has 37 heavy (non-hydrogen) atoms. The minimum Gasteiger partial charge on any atom is -0.507 e. The smallest absolute Gasteiger partial charge is 0.213 e. The maximum absolute atomic E-state index is 15.9. The van der Waals surface area contributed by atoms with Crippen LogP contribution in [0.3, 0.4) is 0 Å². The fourth-order valence-electron chi connectivity index (χ4n) is 6.02. The van der Waals surface area contributed by atoms with Crippen molar-refractivity contribution in [2.75, 3.05) is 11.9 Å². The quantitative estimate of drug-likeness (QED) is 0.502. The Morgan fingerprint density at radius 2 is 1.97 bits per heavy atom. The third-order valence-electron chi connectivity index (χ3n) is 7.99. The molecule has 3 aromatic rings. The van der Waals surface area contributed by atoms with Crippen LogP contribution in [-0.4, -0.2) is 61.6 Å². The first-order chi connectivity index (χ1) is 18.8. The zero-order chi connectivity index (χ0) is 28.4. The second kappa shape index (κ2) is 8.58. The van der Waals surface area contributed by atoms with Crippen molar-refractivity contribution in [3.8, 4) is 34.1 Å². The lowest BCUT2D eigenvalue weighted by Gasteiger charge is -2.48. The number of halogens is 2. The molecule has 0 radical (unpaired) electrons. The average Bonchev–Trinajstić information content (AvgIpc) is 3.68. The molecule has 3 aliphatic rings. The highest BCUT2D eigenvalue weighted by Gasteiger charge is 2.58. The first-order valence-electron chi connectivity index (χ1n) is 13.9. The lowest BCUT2D eigenvalue weighted by molar-refractivity contribution is 0.0831. The number of aromatic nitrogens is 4. The Hall–Kier alpha value is -3.40. The van der Waals surface area contributed by atoms with E-state index in [2.05, 4.69) is 32.4 Å². The van der Waals surface area contributed by atoms with Gasteiger partial charge in [-0.15, -0.1) is 10.2 Å². The number of fused-ring (bicyclic) bond motifs is 2. The molecule has 0 spiro atoms. The van der Waals surface area contributed by atoms with Crippen LogP contribution >= 0.6 is 0 Å². The summed E-state index contributed by atoms with van der Waals surface area (Å²) in [5.74, 6) is -0.549. The summed E-state index contributed by atoms with van der Waals surface area (Å²) >= 11 is 0. The molecule has 1 saturated carbocycles. The second-order valence-electron chi connectivity index (χ2n) is 10.9. The Labute approximate surface area is 218 Å². The Bertz CT molecular complexity index is 1440. The highest BCUT2D eigenvalue weighted by atomic mass is 19.1. The van der Waals surface area contributed by atoms with Crippen molar-refractivity contribution in [1.82, 2.24) is 25.5 Å². The third kappa shape index (κ3) is 4.17. The van der Waals surface area contributed by atoms with E-state index in [9.17, 15) is 9.50 Å². The minimum atomic E-state index is -2.74. The first kappa shape index (κ1) is 20.6. The number of alkyl halides is 1. The Morgan fingerprint density at radius 3 is 2.68 bits per heavy atom. The van der Waals surface area contributed by atoms with E-state index in [1.54, 1.807) is 12.3 Å². The molecule has 3 fully saturated rings. The number of anilines is 1. The molecule has 2 bridgehead atoms. The fourth-order valence-corrected chi connectivity index (χ4v) is 6.02. The SMILES string of the molecule is [2H]C([2H])([2H])Oc1cc(-c2ccc(-c3ncc(N(C4CC4)[C@H]4C[C@]5(C)CC[C@@](C)(N5)[C@H]4F)nn3)c(O)c2)c(F)cn1. The lowest BCUT2D eigenvalue weighted by atomic mass is 9.82. The highest BCUT2D eigenvalue weighted by Crippen LogP contribution is 2.48. The Balaban J connectivity index is 1.26. The standard InChI is InChI=1S/C27H30F2N6O2/c1-26-8-9-27(2,34-26)24(29)20(12-26)35(16-5-6-16)22-14-31-25(33-32-22)17-7-4-15(10-21(17)36)18-11-23(37-3)30-13-19(18)28/h4,7,10-11,13-14,16,20,24,34,36H,5-6,8-9,12H2,1-3H3/t20-,24-,26-,27+/m0/s1/i3D3. The topological polar surface area (TPSA) is 96.3 Å². The fraction of sp³-hybridized carbons (Fsp3) is 0.481. The van der Waals surface area contributed by atoms with Crippen LogP contribution in [0.2, 0.25) is 0 Å². The molecule has 1 aliphatic carbocycles. The monoisotopic (exact) mass is 511 g/mol. The molecular weight excluding hydrogens is 478 g/mol. The maximum Gasteiger partial charge on any atom is 0.213 e. The Kier molecular flexibility index (Phi) is 4.78. The van der Waals surface area contributed by atoms with Gasteiger partial charge in [-0.05, 0) is 63.6 Å². The highest BCUT2D eigenvalue weighted by molar-refractivity contribution is 5.73. The summed E-state index contributed by atoms with van der Waals surface area (Å²) in [7, 11) is -2.74. The van der Waals surface area contributed by atoms with Crippen LogP contribution in [0.25, 0.3) is 22.5 Å². The van der Waals surface area contributed by atoms with E-state index < -0.39 is 24.6 Å². The third-order valence-corrected chi connectivity index (χ3v) is 7.99. The summed E-state index contributed by atoms with van der Waals surface area (Å²) in [4.78, 5) is 10.1. The van der Waals surface area contributed by atoms with Gasteiger partial charge in [0.2, 0.25) is 5.88 Å². The Morgan fingerprint density at radius 1 is 1.14 bits per heavy atom. The van der Waals surface area contributed by atoms with Gasteiger partial charge in [-0.3, -0.25) is 0 Å². The van der Waals surface area contributed by atoms with Gasteiger partial charge in [0, 0.05) is 28.7 Å². The van der Waals surface area contributed by atoms with Crippen molar-refractivity contribution in [2.24, 2.45) is 0 Å². The molecule has 2 saturated heterocycles. The first-order valence-corrected chi connectivity index (χ1v) is 12.4. The number of hydrogen-bond acceptors (Lipinski definition) is 8. The van der Waals surface area contributed by atoms with Crippen molar-refractivity contribution in [3.63, 3.8) is 0 Å². The van der Waals surface area contributed by atoms with Gasteiger partial charge >= 0.3 is 0 Å². The van der Waals surface area contributed by atoms with Crippen LogP contribution in [0.1, 0.15) is 50.1 Å². The normalized spacial score (nSPS) is 30.3. The van der Waals surface area contributed by atoms with E-state index in [4.69, 9.17) is 8.85 Å². The summed E-state index contributed by atoms with van der Waals surface area (Å²) in [6.45, 7) is 4.11. The number of phenols is 1. The van der Waals surface area contributed by atoms with Crippen molar-refractivity contribution in [2.45, 2.75) is 75.3 Å². The van der Waals surface area contributed by atoms with Crippen LogP contribution in [0, 0.1) is 5.82 Å². The predicted octanol–water partition coefficient (Wildman–Crippen LogP) is 4.43. The van der Waals surface area contributed by atoms with Gasteiger partial charge < -0.3 is 20.1 Å². The summed E-state index contributed by atoms with van der Waals surface area (Å²) in [6.07, 6.45) is 5.65. The summed E-state index contributed by atoms with van der Waals surface area (Å²) in [5, 5.41) is 22.9. The number of hydrogen-bond donors (Lipinski definition) is 2. The molecule has 2 N–H and O–H groups in total. The van der Waals surface area contributed by atoms with Gasteiger partial charge in [-0.25, -0.2) is 18.7 Å². The molecule has 4 atom stereocenters. The largest absolute Gasteiger partial charge is 0.507 e. The minimum absolute atomic E-state index is 0.00433. The molecule has 8 nitrogen and oxygen atoms in total. The van der Waals surface area contributed by atoms with Gasteiger partial charge in [0.25, 0.3) is 0 Å². The van der Waals surface area contributed by atoms with Crippen molar-refractivity contribution >= 4 is 5.82 Å². The van der Waals surface area contributed by atoms with Crippen molar-refractivity contribution < 1.29 is 22.7 Å². The summed E-state index contributed by atoms with van der Waals surface area (Å²) in [6, 6.07) is 5.39. The van der Waals surface area contributed by atoms with Gasteiger partial charge in [0.15, 0.2) is 11.6 Å². The summed E-state index contributed by atoms with van der Waals surface area (Å²) < 4.78 is 56.8. The van der Waals surface area contributed by atoms with E-state index in [0.717, 1.165) is 37.9 Å². The molecule has 10 heteroatoms. The van der Waals surface area contributed by atoms with Crippen LogP contribution in [0.5, 0.6) is 11.6 Å². The van der Waals surface area contributed by atoms with Gasteiger partial charge in [-0.1, -0.05) is 6.07 Å². The predicted molar refractivity (Wildman–Crippen MR) is 135 cm³/mol. The van der Waals surface area contributed by atoms with Crippen LogP contribution < -0.4 is 15.0 Å². The molecule has 0 unspecified atom stereocenters. The summed E-state index contributed by atoms with van der Waals surface area (Å²) in [5.41, 5.74) is -0.149. The van der Waals surface area contributed by atoms with Gasteiger partial charge in [0.1, 0.15) is 17.7 Å². The number of pyridine rings is 1. The molecule has 4 heterocycles. The van der Waals surface area contributed by atoms with Crippen LogP contribution in [0.15, 0.2) is 36.7 Å².